The maximum Gasteiger partial charge on any atom is 0.306 e. The summed E-state index contributed by atoms with van der Waals surface area (Å²) in [5, 5.41) is 9.70. The van der Waals surface area contributed by atoms with Crippen molar-refractivity contribution in [2.24, 2.45) is 0 Å². The van der Waals surface area contributed by atoms with Crippen molar-refractivity contribution in [2.45, 2.75) is 290 Å². The lowest BCUT2D eigenvalue weighted by Crippen LogP contribution is -2.28. The van der Waals surface area contributed by atoms with Crippen molar-refractivity contribution in [3.63, 3.8) is 0 Å². The molecule has 82 heavy (non-hydrogen) atoms. The van der Waals surface area contributed by atoms with Crippen LogP contribution in [0, 0.1) is 0 Å². The summed E-state index contributed by atoms with van der Waals surface area (Å²) in [6.45, 7) is 3.91. The molecule has 0 aliphatic heterocycles. The van der Waals surface area contributed by atoms with Gasteiger partial charge in [-0.1, -0.05) is 312 Å². The Morgan fingerprint density at radius 3 is 0.732 bits per heavy atom. The van der Waals surface area contributed by atoms with Gasteiger partial charge in [-0.25, -0.2) is 0 Å². The number of allylic oxidation sites excluding steroid dienone is 28. The summed E-state index contributed by atoms with van der Waals surface area (Å²) in [6, 6.07) is 0. The van der Waals surface area contributed by atoms with E-state index < -0.39 is 6.10 Å². The van der Waals surface area contributed by atoms with E-state index in [-0.39, 0.29) is 25.2 Å². The van der Waals surface area contributed by atoms with Gasteiger partial charge in [0.05, 0.1) is 6.61 Å². The molecule has 0 spiro atoms. The fourth-order valence-electron chi connectivity index (χ4n) is 9.05. The molecule has 462 valence electrons. The maximum absolute atomic E-state index is 12.4. The summed E-state index contributed by atoms with van der Waals surface area (Å²) >= 11 is 0. The Labute approximate surface area is 506 Å². The van der Waals surface area contributed by atoms with Crippen molar-refractivity contribution >= 4 is 11.9 Å². The molecular formula is C77H124O5. The Morgan fingerprint density at radius 2 is 0.488 bits per heavy atom. The monoisotopic (exact) mass is 1130 g/mol. The van der Waals surface area contributed by atoms with Crippen LogP contribution in [0.15, 0.2) is 170 Å². The Bertz CT molecular complexity index is 1810. The third kappa shape index (κ3) is 67.8. The molecular weight excluding hydrogens is 1000 g/mol. The van der Waals surface area contributed by atoms with Gasteiger partial charge < -0.3 is 14.6 Å². The van der Waals surface area contributed by atoms with Crippen LogP contribution in [0.3, 0.4) is 0 Å². The molecule has 5 heteroatoms. The second-order valence-electron chi connectivity index (χ2n) is 21.8. The highest BCUT2D eigenvalue weighted by Crippen LogP contribution is 2.16. The highest BCUT2D eigenvalue weighted by atomic mass is 16.6. The van der Waals surface area contributed by atoms with E-state index in [4.69, 9.17) is 9.47 Å². The molecule has 0 saturated carbocycles. The van der Waals surface area contributed by atoms with Gasteiger partial charge in [-0.05, 0) is 128 Å². The minimum absolute atomic E-state index is 0.0797. The average molecular weight is 1130 g/mol. The first-order valence-corrected chi connectivity index (χ1v) is 33.7. The molecule has 0 heterocycles. The molecule has 0 aliphatic rings. The predicted octanol–water partition coefficient (Wildman–Crippen LogP) is 23.6. The van der Waals surface area contributed by atoms with E-state index in [0.717, 1.165) is 135 Å². The molecule has 0 aliphatic carbocycles. The van der Waals surface area contributed by atoms with Crippen molar-refractivity contribution in [2.75, 3.05) is 13.2 Å². The molecule has 5 nitrogen and oxygen atoms in total. The van der Waals surface area contributed by atoms with E-state index in [0.29, 0.717) is 12.8 Å². The molecule has 0 fully saturated rings. The van der Waals surface area contributed by atoms with E-state index >= 15 is 0 Å². The van der Waals surface area contributed by atoms with E-state index in [1.807, 2.05) is 0 Å². The van der Waals surface area contributed by atoms with Gasteiger partial charge in [-0.15, -0.1) is 0 Å². The van der Waals surface area contributed by atoms with Gasteiger partial charge in [0.2, 0.25) is 0 Å². The Balaban J connectivity index is 3.54. The van der Waals surface area contributed by atoms with Gasteiger partial charge in [0, 0.05) is 12.8 Å². The average Bonchev–Trinajstić information content (AvgIpc) is 3.49. The molecule has 1 unspecified atom stereocenters. The lowest BCUT2D eigenvalue weighted by Gasteiger charge is -2.15. The summed E-state index contributed by atoms with van der Waals surface area (Å²) in [5.74, 6) is -0.606. The van der Waals surface area contributed by atoms with Gasteiger partial charge >= 0.3 is 11.9 Å². The van der Waals surface area contributed by atoms with Gasteiger partial charge in [-0.3, -0.25) is 9.59 Å². The number of rotatable bonds is 60. The number of aliphatic hydroxyl groups excluding tert-OH is 1. The van der Waals surface area contributed by atoms with E-state index in [1.54, 1.807) is 0 Å². The number of hydrogen-bond donors (Lipinski definition) is 1. The Hall–Kier alpha value is -4.74. The third-order valence-electron chi connectivity index (χ3n) is 14.0. The first-order valence-electron chi connectivity index (χ1n) is 33.7. The SMILES string of the molecule is CC/C=C\C/C=C\C/C=C\C/C=C\C/C=C\C/C=C\C/C=C\CCCCCCCCCCCCCCCCCCCC(=O)OC(CO)COC(=O)CCCCCCCCC/C=C\C/C=C\C/C=C\C/C=C\C/C=C\C/C=C\C/C=C\CC. The summed E-state index contributed by atoms with van der Waals surface area (Å²) in [5.41, 5.74) is 0. The lowest BCUT2D eigenvalue weighted by atomic mass is 10.0. The number of esters is 2. The van der Waals surface area contributed by atoms with Gasteiger partial charge in [0.1, 0.15) is 6.61 Å². The molecule has 1 N–H and O–H groups in total. The van der Waals surface area contributed by atoms with Gasteiger partial charge in [-0.2, -0.15) is 0 Å². The quantitative estimate of drug-likeness (QED) is 0.0373. The van der Waals surface area contributed by atoms with Crippen LogP contribution in [0.1, 0.15) is 284 Å². The fourth-order valence-corrected chi connectivity index (χ4v) is 9.05. The van der Waals surface area contributed by atoms with Crippen LogP contribution in [-0.2, 0) is 19.1 Å². The van der Waals surface area contributed by atoms with Crippen molar-refractivity contribution in [3.8, 4) is 0 Å². The predicted molar refractivity (Wildman–Crippen MR) is 361 cm³/mol. The number of aliphatic hydroxyl groups is 1. The third-order valence-corrected chi connectivity index (χ3v) is 14.0. The minimum Gasteiger partial charge on any atom is -0.462 e. The molecule has 0 saturated heterocycles. The molecule has 0 radical (unpaired) electrons. The molecule has 0 bridgehead atoms. The van der Waals surface area contributed by atoms with E-state index in [9.17, 15) is 14.7 Å². The smallest absolute Gasteiger partial charge is 0.306 e. The standard InChI is InChI=1S/C77H124O5/c1-3-5-7-9-11-13-15-17-19-21-23-25-27-29-31-33-34-35-36-37-38-39-40-41-42-44-46-48-50-52-54-56-58-60-62-64-66-68-70-72-77(80)82-75(73-78)74-81-76(79)71-69-67-65-63-61-59-57-55-53-51-49-47-45-43-32-30-28-26-24-22-20-18-16-14-12-10-8-6-4-2/h5-8,11-14,17-20,23-26,29-32,34-35,37-38,45,47,51,53,75,78H,3-4,9-10,15-16,21-22,27-28,33,36,39-44,46,48-50,52,54-74H2,1-2H3/b7-5-,8-6-,13-11-,14-12-,19-17-,20-18-,25-23-,26-24-,31-29-,32-30-,35-34-,38-37-,47-45-,53-51-. The van der Waals surface area contributed by atoms with E-state index in [2.05, 4.69) is 184 Å². The zero-order valence-corrected chi connectivity index (χ0v) is 52.9. The van der Waals surface area contributed by atoms with Crippen molar-refractivity contribution in [3.05, 3.63) is 170 Å². The maximum atomic E-state index is 12.4. The molecule has 0 aromatic heterocycles. The van der Waals surface area contributed by atoms with Crippen LogP contribution in [0.2, 0.25) is 0 Å². The zero-order chi connectivity index (χ0) is 59.1. The molecule has 1 atom stereocenters. The molecule has 0 rings (SSSR count). The highest BCUT2D eigenvalue weighted by molar-refractivity contribution is 5.70. The van der Waals surface area contributed by atoms with Crippen LogP contribution in [0.5, 0.6) is 0 Å². The van der Waals surface area contributed by atoms with Crippen LogP contribution >= 0.6 is 0 Å². The normalized spacial score (nSPS) is 13.4. The second kappa shape index (κ2) is 70.5. The summed E-state index contributed by atoms with van der Waals surface area (Å²) in [7, 11) is 0. The molecule has 0 amide bonds. The lowest BCUT2D eigenvalue weighted by molar-refractivity contribution is -0.161. The van der Waals surface area contributed by atoms with Crippen molar-refractivity contribution < 1.29 is 24.2 Å². The first-order chi connectivity index (χ1) is 40.6. The van der Waals surface area contributed by atoms with Crippen LogP contribution in [-0.4, -0.2) is 36.4 Å². The Kier molecular flexibility index (Phi) is 66.4. The first kappa shape index (κ1) is 77.3. The second-order valence-corrected chi connectivity index (χ2v) is 21.8. The minimum atomic E-state index is -0.789. The Morgan fingerprint density at radius 1 is 0.280 bits per heavy atom. The fraction of sp³-hybridized carbons (Fsp3) is 0.610. The number of ether oxygens (including phenoxy) is 2. The number of carbonyl (C=O) groups excluding carboxylic acids is 2. The molecule has 0 aromatic carbocycles. The summed E-state index contributed by atoms with van der Waals surface area (Å²) < 4.78 is 10.7. The summed E-state index contributed by atoms with van der Waals surface area (Å²) in [6.07, 6.45) is 109. The number of hydrogen-bond acceptors (Lipinski definition) is 5. The van der Waals surface area contributed by atoms with Crippen LogP contribution in [0.4, 0.5) is 0 Å². The van der Waals surface area contributed by atoms with Crippen molar-refractivity contribution in [1.29, 1.82) is 0 Å². The summed E-state index contributed by atoms with van der Waals surface area (Å²) in [4.78, 5) is 24.6. The zero-order valence-electron chi connectivity index (χ0n) is 52.9. The van der Waals surface area contributed by atoms with Gasteiger partial charge in [0.15, 0.2) is 6.10 Å². The largest absolute Gasteiger partial charge is 0.462 e. The topological polar surface area (TPSA) is 72.8 Å². The number of carbonyl (C=O) groups is 2. The van der Waals surface area contributed by atoms with E-state index in [1.165, 1.54) is 122 Å². The molecule has 0 aromatic rings. The number of unbranched alkanes of at least 4 members (excludes halogenated alkanes) is 24. The van der Waals surface area contributed by atoms with Crippen LogP contribution < -0.4 is 0 Å². The highest BCUT2D eigenvalue weighted by Gasteiger charge is 2.16. The van der Waals surface area contributed by atoms with Crippen LogP contribution in [0.25, 0.3) is 0 Å². The van der Waals surface area contributed by atoms with Gasteiger partial charge in [0.25, 0.3) is 0 Å². The van der Waals surface area contributed by atoms with Crippen molar-refractivity contribution in [1.82, 2.24) is 0 Å².